The van der Waals surface area contributed by atoms with E-state index >= 15 is 0 Å². The van der Waals surface area contributed by atoms with Crippen LogP contribution in [0.3, 0.4) is 0 Å². The minimum Gasteiger partial charge on any atom is -0.508 e. The molecule has 0 fully saturated rings. The van der Waals surface area contributed by atoms with Crippen LogP contribution in [0.25, 0.3) is 0 Å². The van der Waals surface area contributed by atoms with Crippen molar-refractivity contribution in [2.75, 3.05) is 13.2 Å². The van der Waals surface area contributed by atoms with Crippen molar-refractivity contribution in [3.05, 3.63) is 59.7 Å². The Bertz CT molecular complexity index is 825. The number of aliphatic carboxylic acids is 1. The Morgan fingerprint density at radius 2 is 1.96 bits per heavy atom. The molecule has 1 atom stereocenters. The Balaban J connectivity index is 1.67. The molecule has 0 saturated heterocycles. The number of amides is 2. The molecular weight excluding hydrogens is 360 g/mol. The monoisotopic (exact) mass is 384 g/mol. The lowest BCUT2D eigenvalue weighted by molar-refractivity contribution is -0.137. The molecule has 0 spiro atoms. The van der Waals surface area contributed by atoms with E-state index in [1.54, 1.807) is 23.1 Å². The number of ether oxygens (including phenoxy) is 1. The Morgan fingerprint density at radius 3 is 2.71 bits per heavy atom. The average Bonchev–Trinajstić information content (AvgIpc) is 2.89. The van der Waals surface area contributed by atoms with Gasteiger partial charge in [-0.25, -0.2) is 4.79 Å². The first-order valence-corrected chi connectivity index (χ1v) is 9.27. The van der Waals surface area contributed by atoms with E-state index in [9.17, 15) is 14.7 Å². The zero-order chi connectivity index (χ0) is 19.9. The lowest BCUT2D eigenvalue weighted by atomic mass is 10.0. The van der Waals surface area contributed by atoms with Gasteiger partial charge in [0.15, 0.2) is 0 Å². The summed E-state index contributed by atoms with van der Waals surface area (Å²) in [4.78, 5) is 25.5. The molecule has 2 aromatic rings. The summed E-state index contributed by atoms with van der Waals surface area (Å²) in [5.74, 6) is -0.195. The molecule has 1 unspecified atom stereocenters. The van der Waals surface area contributed by atoms with E-state index in [0.29, 0.717) is 38.3 Å². The predicted molar refractivity (Wildman–Crippen MR) is 103 cm³/mol. The number of phenolic OH excluding ortho intramolecular Hbond substituents is 1. The standard InChI is InChI=1S/C21H24N2O5/c24-18-8-6-16-14-23(10-11-28-19(16)13-18)21(27)22-17(7-9-20(25)26)12-15-4-2-1-3-5-15/h1-6,8,13,17,24H,7,9-12,14H2,(H,22,27)(H,25,26). The Hall–Kier alpha value is -3.22. The van der Waals surface area contributed by atoms with Gasteiger partial charge in [-0.3, -0.25) is 4.79 Å². The SMILES string of the molecule is O=C(O)CCC(Cc1ccccc1)NC(=O)N1CCOc2cc(O)ccc2C1. The van der Waals surface area contributed by atoms with Gasteiger partial charge in [0.2, 0.25) is 0 Å². The Morgan fingerprint density at radius 1 is 1.18 bits per heavy atom. The van der Waals surface area contributed by atoms with E-state index in [-0.39, 0.29) is 24.2 Å². The third-order valence-corrected chi connectivity index (χ3v) is 4.68. The number of rotatable bonds is 6. The van der Waals surface area contributed by atoms with Gasteiger partial charge in [0.1, 0.15) is 18.1 Å². The van der Waals surface area contributed by atoms with Crippen LogP contribution in [0.5, 0.6) is 11.5 Å². The lowest BCUT2D eigenvalue weighted by Crippen LogP contribution is -2.46. The number of carbonyl (C=O) groups is 2. The van der Waals surface area contributed by atoms with Crippen molar-refractivity contribution in [2.45, 2.75) is 31.8 Å². The summed E-state index contributed by atoms with van der Waals surface area (Å²) >= 11 is 0. The number of urea groups is 1. The maximum atomic E-state index is 12.8. The van der Waals surface area contributed by atoms with Gasteiger partial charge < -0.3 is 25.2 Å². The molecule has 3 rings (SSSR count). The number of nitrogens with zero attached hydrogens (tertiary/aromatic N) is 1. The van der Waals surface area contributed by atoms with Crippen LogP contribution >= 0.6 is 0 Å². The summed E-state index contributed by atoms with van der Waals surface area (Å²) in [7, 11) is 0. The minimum atomic E-state index is -0.885. The van der Waals surface area contributed by atoms with Gasteiger partial charge in [-0.2, -0.15) is 0 Å². The van der Waals surface area contributed by atoms with Crippen molar-refractivity contribution in [2.24, 2.45) is 0 Å². The van der Waals surface area contributed by atoms with E-state index in [4.69, 9.17) is 9.84 Å². The predicted octanol–water partition coefficient (Wildman–Crippen LogP) is 2.77. The van der Waals surface area contributed by atoms with Crippen LogP contribution in [0.15, 0.2) is 48.5 Å². The summed E-state index contributed by atoms with van der Waals surface area (Å²) < 4.78 is 5.63. The highest BCUT2D eigenvalue weighted by molar-refractivity contribution is 5.75. The largest absolute Gasteiger partial charge is 0.508 e. The first-order valence-electron chi connectivity index (χ1n) is 9.27. The maximum Gasteiger partial charge on any atom is 0.318 e. The molecule has 1 heterocycles. The second kappa shape index (κ2) is 9.12. The summed E-state index contributed by atoms with van der Waals surface area (Å²) in [5.41, 5.74) is 1.86. The molecule has 7 nitrogen and oxygen atoms in total. The van der Waals surface area contributed by atoms with Crippen molar-refractivity contribution >= 4 is 12.0 Å². The zero-order valence-electron chi connectivity index (χ0n) is 15.5. The van der Waals surface area contributed by atoms with Crippen LogP contribution in [0.2, 0.25) is 0 Å². The van der Waals surface area contributed by atoms with Gasteiger partial charge >= 0.3 is 12.0 Å². The third-order valence-electron chi connectivity index (χ3n) is 4.68. The molecule has 1 aliphatic heterocycles. The minimum absolute atomic E-state index is 0.0109. The topological polar surface area (TPSA) is 99.1 Å². The number of aromatic hydroxyl groups is 1. The van der Waals surface area contributed by atoms with E-state index in [1.165, 1.54) is 0 Å². The normalized spacial score (nSPS) is 14.4. The smallest absolute Gasteiger partial charge is 0.318 e. The fraction of sp³-hybridized carbons (Fsp3) is 0.333. The second-order valence-corrected chi connectivity index (χ2v) is 6.83. The first-order chi connectivity index (χ1) is 13.5. The number of hydrogen-bond donors (Lipinski definition) is 3. The molecule has 3 N–H and O–H groups in total. The highest BCUT2D eigenvalue weighted by Crippen LogP contribution is 2.27. The Labute approximate surface area is 163 Å². The maximum absolute atomic E-state index is 12.8. The molecule has 1 aliphatic rings. The molecule has 0 aromatic heterocycles. The number of hydrogen-bond acceptors (Lipinski definition) is 4. The van der Waals surface area contributed by atoms with Crippen molar-refractivity contribution in [1.82, 2.24) is 10.2 Å². The fourth-order valence-electron chi connectivity index (χ4n) is 3.22. The number of nitrogens with one attached hydrogen (secondary N) is 1. The highest BCUT2D eigenvalue weighted by Gasteiger charge is 2.23. The number of carboxylic acid groups (broad SMARTS) is 1. The number of carboxylic acids is 1. The van der Waals surface area contributed by atoms with Gasteiger partial charge in [0.25, 0.3) is 0 Å². The van der Waals surface area contributed by atoms with Gasteiger partial charge in [0.05, 0.1) is 13.1 Å². The number of carbonyl (C=O) groups excluding carboxylic acids is 1. The number of phenols is 1. The van der Waals surface area contributed by atoms with Crippen molar-refractivity contribution in [1.29, 1.82) is 0 Å². The molecule has 148 valence electrons. The van der Waals surface area contributed by atoms with Crippen molar-refractivity contribution in [3.8, 4) is 11.5 Å². The van der Waals surface area contributed by atoms with Crippen LogP contribution in [0, 0.1) is 0 Å². The Kier molecular flexibility index (Phi) is 6.37. The fourth-order valence-corrected chi connectivity index (χ4v) is 3.22. The van der Waals surface area contributed by atoms with Crippen molar-refractivity contribution < 1.29 is 24.5 Å². The first kappa shape index (κ1) is 19.5. The van der Waals surface area contributed by atoms with Gasteiger partial charge in [0, 0.05) is 24.1 Å². The van der Waals surface area contributed by atoms with E-state index in [1.807, 2.05) is 30.3 Å². The quantitative estimate of drug-likeness (QED) is 0.711. The van der Waals surface area contributed by atoms with Crippen LogP contribution in [0.1, 0.15) is 24.0 Å². The van der Waals surface area contributed by atoms with Gasteiger partial charge in [-0.1, -0.05) is 30.3 Å². The van der Waals surface area contributed by atoms with Gasteiger partial charge in [-0.15, -0.1) is 0 Å². The van der Waals surface area contributed by atoms with Crippen LogP contribution in [-0.2, 0) is 17.8 Å². The van der Waals surface area contributed by atoms with Crippen LogP contribution < -0.4 is 10.1 Å². The lowest BCUT2D eigenvalue weighted by Gasteiger charge is -2.25. The summed E-state index contributed by atoms with van der Waals surface area (Å²) in [6, 6.07) is 14.0. The van der Waals surface area contributed by atoms with E-state index in [2.05, 4.69) is 5.32 Å². The van der Waals surface area contributed by atoms with Crippen LogP contribution in [-0.4, -0.2) is 46.3 Å². The highest BCUT2D eigenvalue weighted by atomic mass is 16.5. The molecular formula is C21H24N2O5. The molecule has 0 aliphatic carbocycles. The summed E-state index contributed by atoms with van der Waals surface area (Å²) in [6.45, 7) is 1.08. The van der Waals surface area contributed by atoms with Gasteiger partial charge in [-0.05, 0) is 30.5 Å². The van der Waals surface area contributed by atoms with Crippen molar-refractivity contribution in [3.63, 3.8) is 0 Å². The van der Waals surface area contributed by atoms with E-state index in [0.717, 1.165) is 11.1 Å². The molecule has 7 heteroatoms. The van der Waals surface area contributed by atoms with E-state index < -0.39 is 5.97 Å². The molecule has 2 aromatic carbocycles. The molecule has 28 heavy (non-hydrogen) atoms. The molecule has 0 saturated carbocycles. The molecule has 0 bridgehead atoms. The summed E-state index contributed by atoms with van der Waals surface area (Å²) in [6.07, 6.45) is 0.905. The molecule has 0 radical (unpaired) electrons. The zero-order valence-corrected chi connectivity index (χ0v) is 15.5. The van der Waals surface area contributed by atoms with Crippen LogP contribution in [0.4, 0.5) is 4.79 Å². The number of fused-ring (bicyclic) bond motifs is 1. The number of benzene rings is 2. The third kappa shape index (κ3) is 5.39. The average molecular weight is 384 g/mol. The second-order valence-electron chi connectivity index (χ2n) is 6.83. The molecule has 2 amide bonds. The summed E-state index contributed by atoms with van der Waals surface area (Å²) in [5, 5.41) is 21.6.